The molecular weight excluding hydrogens is 340 g/mol. The maximum atomic E-state index is 12.4. The maximum absolute atomic E-state index is 12.4. The lowest BCUT2D eigenvalue weighted by molar-refractivity contribution is -0.385. The van der Waals surface area contributed by atoms with Crippen LogP contribution < -0.4 is 0 Å². The van der Waals surface area contributed by atoms with E-state index in [4.69, 9.17) is 11.6 Å². The van der Waals surface area contributed by atoms with Crippen LogP contribution in [0.3, 0.4) is 0 Å². The third kappa shape index (κ3) is 2.80. The highest BCUT2D eigenvalue weighted by Crippen LogP contribution is 2.35. The number of rotatable bonds is 4. The van der Waals surface area contributed by atoms with Gasteiger partial charge in [-0.1, -0.05) is 29.8 Å². The van der Waals surface area contributed by atoms with Gasteiger partial charge in [-0.2, -0.15) is 0 Å². The second kappa shape index (κ2) is 6.02. The lowest BCUT2D eigenvalue weighted by Gasteiger charge is -2.11. The Hall–Kier alpha value is -2.38. The molecule has 0 atom stereocenters. The molecule has 0 saturated carbocycles. The number of nitro benzene ring substituents is 1. The van der Waals surface area contributed by atoms with E-state index in [1.54, 1.807) is 24.3 Å². The van der Waals surface area contributed by atoms with Crippen molar-refractivity contribution in [1.29, 1.82) is 0 Å². The lowest BCUT2D eigenvalue weighted by Crippen LogP contribution is -2.22. The van der Waals surface area contributed by atoms with Crippen molar-refractivity contribution in [3.8, 4) is 0 Å². The van der Waals surface area contributed by atoms with Crippen molar-refractivity contribution in [2.45, 2.75) is 5.75 Å². The van der Waals surface area contributed by atoms with Gasteiger partial charge in [-0.25, -0.2) is 4.31 Å². The molecular formula is C15H9ClN2O4S. The van der Waals surface area contributed by atoms with E-state index in [1.807, 2.05) is 0 Å². The zero-order valence-electron chi connectivity index (χ0n) is 11.6. The summed E-state index contributed by atoms with van der Waals surface area (Å²) in [4.78, 5) is 35.0. The van der Waals surface area contributed by atoms with Crippen LogP contribution in [0.1, 0.15) is 26.3 Å². The molecule has 6 nitrogen and oxygen atoms in total. The molecule has 0 fully saturated rings. The van der Waals surface area contributed by atoms with Crippen LogP contribution in [-0.4, -0.2) is 21.0 Å². The summed E-state index contributed by atoms with van der Waals surface area (Å²) in [6.45, 7) is 0. The highest BCUT2D eigenvalue weighted by Gasteiger charge is 2.41. The normalized spacial score (nSPS) is 13.3. The van der Waals surface area contributed by atoms with Gasteiger partial charge in [-0.05, 0) is 35.7 Å². The minimum absolute atomic E-state index is 0.0628. The van der Waals surface area contributed by atoms with Gasteiger partial charge in [0.1, 0.15) is 5.56 Å². The van der Waals surface area contributed by atoms with Gasteiger partial charge in [-0.3, -0.25) is 19.7 Å². The summed E-state index contributed by atoms with van der Waals surface area (Å²) in [5.74, 6) is -0.819. The van der Waals surface area contributed by atoms with Gasteiger partial charge in [0.2, 0.25) is 0 Å². The first-order chi connectivity index (χ1) is 11.0. The Morgan fingerprint density at radius 2 is 1.78 bits per heavy atom. The molecule has 0 aromatic heterocycles. The SMILES string of the molecule is O=C1c2cccc([N+](=O)[O-])c2C(=O)N1SCc1ccc(Cl)cc1. The second-order valence-electron chi connectivity index (χ2n) is 4.76. The molecule has 0 bridgehead atoms. The van der Waals surface area contributed by atoms with Crippen LogP contribution in [0.15, 0.2) is 42.5 Å². The molecule has 1 aliphatic rings. The zero-order valence-corrected chi connectivity index (χ0v) is 13.1. The van der Waals surface area contributed by atoms with Crippen LogP contribution in [0.5, 0.6) is 0 Å². The van der Waals surface area contributed by atoms with Gasteiger partial charge in [-0.15, -0.1) is 0 Å². The predicted octanol–water partition coefficient (Wildman–Crippen LogP) is 3.69. The van der Waals surface area contributed by atoms with E-state index in [0.29, 0.717) is 10.8 Å². The molecule has 0 saturated heterocycles. The smallest absolute Gasteiger partial charge is 0.268 e. The van der Waals surface area contributed by atoms with E-state index in [2.05, 4.69) is 0 Å². The topological polar surface area (TPSA) is 80.5 Å². The number of imide groups is 1. The number of nitrogens with zero attached hydrogens (tertiary/aromatic N) is 2. The van der Waals surface area contributed by atoms with Gasteiger partial charge in [0.25, 0.3) is 17.5 Å². The van der Waals surface area contributed by atoms with Crippen LogP contribution in [0, 0.1) is 10.1 Å². The zero-order chi connectivity index (χ0) is 16.6. The monoisotopic (exact) mass is 348 g/mol. The summed E-state index contributed by atoms with van der Waals surface area (Å²) in [6, 6.07) is 11.0. The largest absolute Gasteiger partial charge is 0.283 e. The molecule has 0 radical (unpaired) electrons. The van der Waals surface area contributed by atoms with Gasteiger partial charge in [0.05, 0.1) is 10.5 Å². The molecule has 23 heavy (non-hydrogen) atoms. The Morgan fingerprint density at radius 3 is 2.43 bits per heavy atom. The van der Waals surface area contributed by atoms with E-state index in [9.17, 15) is 19.7 Å². The van der Waals surface area contributed by atoms with Gasteiger partial charge < -0.3 is 0 Å². The van der Waals surface area contributed by atoms with Gasteiger partial charge >= 0.3 is 0 Å². The molecule has 1 aliphatic heterocycles. The third-order valence-electron chi connectivity index (χ3n) is 3.33. The average molecular weight is 349 g/mol. The number of nitro groups is 1. The highest BCUT2D eigenvalue weighted by atomic mass is 35.5. The van der Waals surface area contributed by atoms with Crippen molar-refractivity contribution in [3.63, 3.8) is 0 Å². The number of carbonyl (C=O) groups is 2. The van der Waals surface area contributed by atoms with Crippen LogP contribution in [-0.2, 0) is 5.75 Å². The molecule has 0 aliphatic carbocycles. The Balaban J connectivity index is 1.84. The van der Waals surface area contributed by atoms with Gasteiger partial charge in [0, 0.05) is 16.8 Å². The summed E-state index contributed by atoms with van der Waals surface area (Å²) in [5.41, 5.74) is 0.444. The van der Waals surface area contributed by atoms with Crippen molar-refractivity contribution in [2.24, 2.45) is 0 Å². The molecule has 0 N–H and O–H groups in total. The molecule has 0 unspecified atom stereocenters. The molecule has 2 amide bonds. The minimum Gasteiger partial charge on any atom is -0.268 e. The Kier molecular flexibility index (Phi) is 4.06. The number of carbonyl (C=O) groups excluding carboxylic acids is 2. The number of fused-ring (bicyclic) bond motifs is 1. The summed E-state index contributed by atoms with van der Waals surface area (Å²) < 4.78 is 0.965. The van der Waals surface area contributed by atoms with Crippen molar-refractivity contribution in [2.75, 3.05) is 0 Å². The fraction of sp³-hybridized carbons (Fsp3) is 0.0667. The summed E-state index contributed by atoms with van der Waals surface area (Å²) in [5, 5.41) is 11.6. The maximum Gasteiger partial charge on any atom is 0.283 e. The molecule has 8 heteroatoms. The lowest BCUT2D eigenvalue weighted by atomic mass is 10.1. The highest BCUT2D eigenvalue weighted by molar-refractivity contribution is 7.97. The molecule has 2 aromatic rings. The first-order valence-electron chi connectivity index (χ1n) is 6.52. The number of amides is 2. The molecule has 2 aromatic carbocycles. The van der Waals surface area contributed by atoms with Gasteiger partial charge in [0.15, 0.2) is 0 Å². The van der Waals surface area contributed by atoms with Crippen LogP contribution in [0.4, 0.5) is 5.69 Å². The fourth-order valence-corrected chi connectivity index (χ4v) is 3.26. The summed E-state index contributed by atoms with van der Waals surface area (Å²) in [6.07, 6.45) is 0. The van der Waals surface area contributed by atoms with E-state index >= 15 is 0 Å². The van der Waals surface area contributed by atoms with Crippen molar-refractivity contribution in [3.05, 3.63) is 74.3 Å². The minimum atomic E-state index is -0.656. The predicted molar refractivity (Wildman–Crippen MR) is 86.3 cm³/mol. The van der Waals surface area contributed by atoms with Crippen LogP contribution in [0.2, 0.25) is 5.02 Å². The fourth-order valence-electron chi connectivity index (χ4n) is 2.24. The summed E-state index contributed by atoms with van der Waals surface area (Å²) >= 11 is 6.81. The molecule has 0 spiro atoms. The Labute approximate surface area is 140 Å². The Morgan fingerprint density at radius 1 is 1.09 bits per heavy atom. The molecule has 3 rings (SSSR count). The first kappa shape index (κ1) is 15.5. The number of hydrogen-bond donors (Lipinski definition) is 0. The quantitative estimate of drug-likeness (QED) is 0.364. The van der Waals surface area contributed by atoms with Crippen molar-refractivity contribution < 1.29 is 14.5 Å². The molecule has 116 valence electrons. The van der Waals surface area contributed by atoms with Crippen molar-refractivity contribution in [1.82, 2.24) is 4.31 Å². The second-order valence-corrected chi connectivity index (χ2v) is 6.11. The van der Waals surface area contributed by atoms with Crippen LogP contribution in [0.25, 0.3) is 0 Å². The van der Waals surface area contributed by atoms with E-state index < -0.39 is 16.7 Å². The average Bonchev–Trinajstić information content (AvgIpc) is 2.78. The number of hydrogen-bond acceptors (Lipinski definition) is 5. The first-order valence-corrected chi connectivity index (χ1v) is 7.84. The summed E-state index contributed by atoms with van der Waals surface area (Å²) in [7, 11) is 0. The molecule has 1 heterocycles. The number of benzene rings is 2. The van der Waals surface area contributed by atoms with Crippen LogP contribution >= 0.6 is 23.5 Å². The standard InChI is InChI=1S/C15H9ClN2O4S/c16-10-6-4-9(5-7-10)8-23-17-14(19)11-2-1-3-12(18(21)22)13(11)15(17)20/h1-7H,8H2. The third-order valence-corrected chi connectivity index (χ3v) is 4.63. The number of halogens is 1. The Bertz CT molecular complexity index is 823. The van der Waals surface area contributed by atoms with E-state index in [1.165, 1.54) is 18.2 Å². The van der Waals surface area contributed by atoms with E-state index in [-0.39, 0.29) is 16.8 Å². The van der Waals surface area contributed by atoms with Crippen molar-refractivity contribution >= 4 is 41.1 Å². The van der Waals surface area contributed by atoms with E-state index in [0.717, 1.165) is 21.8 Å².